The third-order valence-corrected chi connectivity index (χ3v) is 6.62. The van der Waals surface area contributed by atoms with Crippen LogP contribution in [0.15, 0.2) is 73.1 Å². The van der Waals surface area contributed by atoms with Crippen molar-refractivity contribution in [3.63, 3.8) is 0 Å². The van der Waals surface area contributed by atoms with Crippen molar-refractivity contribution in [2.24, 2.45) is 7.05 Å². The Morgan fingerprint density at radius 3 is 2.47 bits per heavy atom. The van der Waals surface area contributed by atoms with Crippen molar-refractivity contribution >= 4 is 33.1 Å². The fourth-order valence-electron chi connectivity index (χ4n) is 4.93. The number of aromatic nitrogens is 5. The summed E-state index contributed by atoms with van der Waals surface area (Å²) in [7, 11) is 2.09. The third-order valence-electron chi connectivity index (χ3n) is 6.62. The lowest BCUT2D eigenvalue weighted by atomic mass is 9.95. The van der Waals surface area contributed by atoms with E-state index in [-0.39, 0.29) is 5.92 Å². The highest BCUT2D eigenvalue weighted by Crippen LogP contribution is 2.36. The number of hydrogen-bond donors (Lipinski definition) is 1. The van der Waals surface area contributed by atoms with E-state index in [0.717, 1.165) is 51.3 Å². The summed E-state index contributed by atoms with van der Waals surface area (Å²) in [5.74, 6) is 2.77. The van der Waals surface area contributed by atoms with Crippen LogP contribution in [0.25, 0.3) is 38.6 Å². The van der Waals surface area contributed by atoms with Gasteiger partial charge in [0.05, 0.1) is 11.0 Å². The molecule has 0 amide bonds. The molecule has 3 heterocycles. The van der Waals surface area contributed by atoms with E-state index in [1.165, 1.54) is 10.9 Å². The van der Waals surface area contributed by atoms with E-state index in [9.17, 15) is 0 Å². The van der Waals surface area contributed by atoms with Gasteiger partial charge in [0.25, 0.3) is 0 Å². The van der Waals surface area contributed by atoms with Gasteiger partial charge >= 0.3 is 0 Å². The minimum Gasteiger partial charge on any atom is -0.382 e. The van der Waals surface area contributed by atoms with Gasteiger partial charge in [-0.25, -0.2) is 15.0 Å². The Kier molecular flexibility index (Phi) is 4.62. The van der Waals surface area contributed by atoms with Crippen molar-refractivity contribution in [3.8, 4) is 11.3 Å². The van der Waals surface area contributed by atoms with Gasteiger partial charge in [-0.15, -0.1) is 0 Å². The Labute approximate surface area is 197 Å². The number of benzene rings is 3. The minimum atomic E-state index is 0.256. The number of rotatable bonds is 4. The summed E-state index contributed by atoms with van der Waals surface area (Å²) < 4.78 is 4.26. The lowest BCUT2D eigenvalue weighted by Gasteiger charge is -2.11. The van der Waals surface area contributed by atoms with Gasteiger partial charge in [-0.3, -0.25) is 4.40 Å². The number of nitrogen functional groups attached to an aromatic ring is 1. The fourth-order valence-corrected chi connectivity index (χ4v) is 4.93. The van der Waals surface area contributed by atoms with Crippen LogP contribution in [0.1, 0.15) is 37.0 Å². The molecule has 6 heteroatoms. The van der Waals surface area contributed by atoms with Gasteiger partial charge in [0.1, 0.15) is 28.7 Å². The molecule has 34 heavy (non-hydrogen) atoms. The first kappa shape index (κ1) is 20.4. The minimum absolute atomic E-state index is 0.256. The first-order valence-corrected chi connectivity index (χ1v) is 11.6. The van der Waals surface area contributed by atoms with Crippen LogP contribution in [0.2, 0.25) is 0 Å². The monoisotopic (exact) mass is 446 g/mol. The number of hydrogen-bond acceptors (Lipinski definition) is 4. The van der Waals surface area contributed by atoms with Crippen molar-refractivity contribution in [2.45, 2.75) is 26.2 Å². The molecule has 0 saturated heterocycles. The summed E-state index contributed by atoms with van der Waals surface area (Å²) in [5.41, 5.74) is 12.6. The number of para-hydroxylation sites is 2. The predicted octanol–water partition coefficient (Wildman–Crippen LogP) is 5.73. The fraction of sp³-hybridized carbons (Fsp3) is 0.179. The molecule has 0 spiro atoms. The summed E-state index contributed by atoms with van der Waals surface area (Å²) in [6, 6.07) is 21.1. The average Bonchev–Trinajstić information content (AvgIpc) is 3.39. The van der Waals surface area contributed by atoms with Crippen LogP contribution < -0.4 is 5.73 Å². The molecule has 3 aromatic heterocycles. The highest BCUT2D eigenvalue weighted by Gasteiger charge is 2.20. The van der Waals surface area contributed by atoms with Crippen molar-refractivity contribution in [3.05, 3.63) is 90.3 Å². The molecule has 6 rings (SSSR count). The maximum absolute atomic E-state index is 6.35. The molecule has 6 nitrogen and oxygen atoms in total. The Bertz CT molecular complexity index is 1690. The van der Waals surface area contributed by atoms with Crippen LogP contribution in [-0.2, 0) is 13.5 Å². The second-order valence-electron chi connectivity index (χ2n) is 9.07. The molecule has 0 bridgehead atoms. The molecule has 168 valence electrons. The molecule has 0 unspecified atom stereocenters. The summed E-state index contributed by atoms with van der Waals surface area (Å²) in [6.07, 6.45) is 4.42. The first-order chi connectivity index (χ1) is 16.5. The predicted molar refractivity (Wildman–Crippen MR) is 138 cm³/mol. The number of fused-ring (bicyclic) bond motifs is 3. The normalized spacial score (nSPS) is 11.9. The van der Waals surface area contributed by atoms with Gasteiger partial charge in [-0.2, -0.15) is 0 Å². The molecule has 2 N–H and O–H groups in total. The van der Waals surface area contributed by atoms with Crippen LogP contribution in [0.4, 0.5) is 5.82 Å². The molecule has 3 aromatic carbocycles. The second kappa shape index (κ2) is 7.70. The second-order valence-corrected chi connectivity index (χ2v) is 9.07. The van der Waals surface area contributed by atoms with E-state index in [1.807, 2.05) is 12.3 Å². The number of anilines is 1. The van der Waals surface area contributed by atoms with Crippen molar-refractivity contribution in [1.82, 2.24) is 23.9 Å². The van der Waals surface area contributed by atoms with Gasteiger partial charge in [0, 0.05) is 37.3 Å². The average molecular weight is 447 g/mol. The van der Waals surface area contributed by atoms with Gasteiger partial charge < -0.3 is 10.3 Å². The molecular formula is C28H26N6. The number of imidazole rings is 2. The summed E-state index contributed by atoms with van der Waals surface area (Å²) in [5, 5.41) is 2.35. The maximum atomic E-state index is 6.35. The Morgan fingerprint density at radius 1 is 0.912 bits per heavy atom. The van der Waals surface area contributed by atoms with Crippen molar-refractivity contribution in [1.29, 1.82) is 0 Å². The summed E-state index contributed by atoms with van der Waals surface area (Å²) >= 11 is 0. The zero-order chi connectivity index (χ0) is 23.4. The van der Waals surface area contributed by atoms with Crippen LogP contribution in [0.5, 0.6) is 0 Å². The number of nitrogens with zero attached hydrogens (tertiary/aromatic N) is 5. The molecule has 0 aliphatic heterocycles. The van der Waals surface area contributed by atoms with Crippen LogP contribution >= 0.6 is 0 Å². The van der Waals surface area contributed by atoms with E-state index in [1.54, 1.807) is 6.20 Å². The Morgan fingerprint density at radius 2 is 1.68 bits per heavy atom. The standard InChI is InChI=1S/C28H26N6/c1-17(2)28-32-25(26-27(29)30-14-15-34(26)28)21-13-12-18(19-8-4-5-9-20(19)21)16-24-31-22-10-6-7-11-23(22)33(24)3/h4-15,17H,16H2,1-3H3,(H2,29,30). The lowest BCUT2D eigenvalue weighted by Crippen LogP contribution is -2.00. The van der Waals surface area contributed by atoms with E-state index >= 15 is 0 Å². The molecule has 0 saturated carbocycles. The van der Waals surface area contributed by atoms with Gasteiger partial charge in [0.15, 0.2) is 0 Å². The maximum Gasteiger partial charge on any atom is 0.150 e. The van der Waals surface area contributed by atoms with E-state index in [4.69, 9.17) is 15.7 Å². The number of aryl methyl sites for hydroxylation is 1. The van der Waals surface area contributed by atoms with E-state index in [2.05, 4.69) is 89.4 Å². The van der Waals surface area contributed by atoms with Crippen molar-refractivity contribution < 1.29 is 0 Å². The van der Waals surface area contributed by atoms with Gasteiger partial charge in [-0.1, -0.05) is 62.4 Å². The molecule has 0 fully saturated rings. The third kappa shape index (κ3) is 3.06. The molecule has 0 aliphatic rings. The highest BCUT2D eigenvalue weighted by molar-refractivity contribution is 6.02. The Balaban J connectivity index is 1.55. The topological polar surface area (TPSA) is 74.0 Å². The molecule has 6 aromatic rings. The quantitative estimate of drug-likeness (QED) is 0.375. The largest absolute Gasteiger partial charge is 0.382 e. The number of nitrogens with two attached hydrogens (primary N) is 1. The SMILES string of the molecule is CC(C)c1nc(-c2ccc(Cc3nc4ccccc4n3C)c3ccccc23)c2c(N)nccn12. The lowest BCUT2D eigenvalue weighted by molar-refractivity contribution is 0.770. The van der Waals surface area contributed by atoms with Crippen LogP contribution in [0, 0.1) is 0 Å². The van der Waals surface area contributed by atoms with Crippen LogP contribution in [0.3, 0.4) is 0 Å². The smallest absolute Gasteiger partial charge is 0.150 e. The zero-order valence-electron chi connectivity index (χ0n) is 19.5. The first-order valence-electron chi connectivity index (χ1n) is 11.6. The van der Waals surface area contributed by atoms with E-state index < -0.39 is 0 Å². The molecular weight excluding hydrogens is 420 g/mol. The summed E-state index contributed by atoms with van der Waals surface area (Å²) in [4.78, 5) is 14.3. The highest BCUT2D eigenvalue weighted by atomic mass is 15.1. The molecule has 0 radical (unpaired) electrons. The van der Waals surface area contributed by atoms with Crippen molar-refractivity contribution in [2.75, 3.05) is 5.73 Å². The van der Waals surface area contributed by atoms with Gasteiger partial charge in [-0.05, 0) is 28.5 Å². The van der Waals surface area contributed by atoms with Crippen LogP contribution in [-0.4, -0.2) is 23.9 Å². The zero-order valence-corrected chi connectivity index (χ0v) is 19.5. The summed E-state index contributed by atoms with van der Waals surface area (Å²) in [6.45, 7) is 4.29. The van der Waals surface area contributed by atoms with Gasteiger partial charge in [0.2, 0.25) is 0 Å². The Hall–Kier alpha value is -4.19. The molecule has 0 aliphatic carbocycles. The molecule has 0 atom stereocenters. The van der Waals surface area contributed by atoms with E-state index in [0.29, 0.717) is 5.82 Å².